The second-order valence-corrected chi connectivity index (χ2v) is 6.21. The van der Waals surface area contributed by atoms with E-state index in [4.69, 9.17) is 9.84 Å². The van der Waals surface area contributed by atoms with Crippen LogP contribution >= 0.6 is 0 Å². The molecule has 116 valence electrons. The Hall–Kier alpha value is -2.05. The molecule has 1 fully saturated rings. The van der Waals surface area contributed by atoms with Gasteiger partial charge in [0.15, 0.2) is 5.69 Å². The van der Waals surface area contributed by atoms with Crippen molar-refractivity contribution in [3.8, 4) is 0 Å². The molecule has 1 aromatic heterocycles. The number of hydrogen-bond acceptors (Lipinski definition) is 4. The van der Waals surface area contributed by atoms with Gasteiger partial charge < -0.3 is 19.3 Å². The van der Waals surface area contributed by atoms with Gasteiger partial charge in [-0.15, -0.1) is 0 Å². The van der Waals surface area contributed by atoms with Crippen LogP contribution < -0.4 is 0 Å². The van der Waals surface area contributed by atoms with Crippen molar-refractivity contribution in [3.63, 3.8) is 0 Å². The molecule has 0 spiro atoms. The van der Waals surface area contributed by atoms with Crippen molar-refractivity contribution >= 4 is 12.1 Å². The van der Waals surface area contributed by atoms with Crippen molar-refractivity contribution in [2.75, 3.05) is 13.1 Å². The monoisotopic (exact) mass is 295 g/mol. The van der Waals surface area contributed by atoms with E-state index in [0.717, 1.165) is 12.8 Å². The number of carboxylic acid groups (broad SMARTS) is 1. The minimum absolute atomic E-state index is 0.0459. The summed E-state index contributed by atoms with van der Waals surface area (Å²) in [5.74, 6) is -1.03. The lowest BCUT2D eigenvalue weighted by atomic mass is 10.1. The van der Waals surface area contributed by atoms with E-state index < -0.39 is 11.6 Å². The molecule has 0 atom stereocenters. The summed E-state index contributed by atoms with van der Waals surface area (Å²) in [6, 6.07) is 0.171. The van der Waals surface area contributed by atoms with E-state index in [1.807, 2.05) is 25.3 Å². The van der Waals surface area contributed by atoms with Crippen LogP contribution in [-0.2, 0) is 4.74 Å². The number of rotatable bonds is 2. The number of carboxylic acids is 1. The predicted molar refractivity (Wildman–Crippen MR) is 75.3 cm³/mol. The highest BCUT2D eigenvalue weighted by atomic mass is 16.6. The fourth-order valence-electron chi connectivity index (χ4n) is 2.32. The Labute approximate surface area is 123 Å². The van der Waals surface area contributed by atoms with Crippen molar-refractivity contribution in [1.29, 1.82) is 0 Å². The summed E-state index contributed by atoms with van der Waals surface area (Å²) in [4.78, 5) is 28.3. The number of aromatic carboxylic acids is 1. The van der Waals surface area contributed by atoms with Crippen molar-refractivity contribution in [2.45, 2.75) is 45.3 Å². The van der Waals surface area contributed by atoms with Crippen LogP contribution in [0, 0.1) is 0 Å². The summed E-state index contributed by atoms with van der Waals surface area (Å²) < 4.78 is 7.16. The maximum atomic E-state index is 12.0. The first-order chi connectivity index (χ1) is 9.76. The van der Waals surface area contributed by atoms with E-state index in [0.29, 0.717) is 13.1 Å². The SMILES string of the molecule is CC(C)(C)OC(=O)N1CCC(n2cnc(C(=O)O)c2)CC1. The zero-order valence-corrected chi connectivity index (χ0v) is 12.6. The molecule has 2 heterocycles. The van der Waals surface area contributed by atoms with Gasteiger partial charge in [0.1, 0.15) is 5.60 Å². The summed E-state index contributed by atoms with van der Waals surface area (Å²) in [6.45, 7) is 6.73. The molecule has 0 aliphatic carbocycles. The number of carbonyl (C=O) groups excluding carboxylic acids is 1. The average molecular weight is 295 g/mol. The number of nitrogens with zero attached hydrogens (tertiary/aromatic N) is 3. The van der Waals surface area contributed by atoms with Gasteiger partial charge in [0.25, 0.3) is 0 Å². The molecule has 1 aliphatic rings. The molecule has 21 heavy (non-hydrogen) atoms. The molecular weight excluding hydrogens is 274 g/mol. The smallest absolute Gasteiger partial charge is 0.410 e. The summed E-state index contributed by atoms with van der Waals surface area (Å²) in [6.07, 6.45) is 4.30. The normalized spacial score (nSPS) is 16.8. The lowest BCUT2D eigenvalue weighted by Crippen LogP contribution is -2.42. The van der Waals surface area contributed by atoms with E-state index >= 15 is 0 Å². The van der Waals surface area contributed by atoms with E-state index in [1.54, 1.807) is 4.90 Å². The Balaban J connectivity index is 1.90. The lowest BCUT2D eigenvalue weighted by molar-refractivity contribution is 0.0188. The van der Waals surface area contributed by atoms with E-state index in [9.17, 15) is 9.59 Å². The van der Waals surface area contributed by atoms with Crippen LogP contribution in [0.25, 0.3) is 0 Å². The highest BCUT2D eigenvalue weighted by molar-refractivity contribution is 5.84. The molecule has 1 N–H and O–H groups in total. The quantitative estimate of drug-likeness (QED) is 0.903. The molecule has 0 bridgehead atoms. The first kappa shape index (κ1) is 15.3. The molecule has 2 rings (SSSR count). The van der Waals surface area contributed by atoms with Crippen LogP contribution in [0.4, 0.5) is 4.79 Å². The third kappa shape index (κ3) is 3.96. The maximum Gasteiger partial charge on any atom is 0.410 e. The molecule has 1 aliphatic heterocycles. The van der Waals surface area contributed by atoms with Crippen LogP contribution in [0.3, 0.4) is 0 Å². The molecule has 0 aromatic carbocycles. The first-order valence-corrected chi connectivity index (χ1v) is 7.01. The number of likely N-dealkylation sites (tertiary alicyclic amines) is 1. The highest BCUT2D eigenvalue weighted by Crippen LogP contribution is 2.24. The Bertz CT molecular complexity index is 525. The second-order valence-electron chi connectivity index (χ2n) is 6.21. The summed E-state index contributed by atoms with van der Waals surface area (Å²) in [5, 5.41) is 8.87. The number of hydrogen-bond donors (Lipinski definition) is 1. The van der Waals surface area contributed by atoms with Crippen molar-refractivity contribution in [3.05, 3.63) is 18.2 Å². The summed E-state index contributed by atoms with van der Waals surface area (Å²) in [7, 11) is 0. The fraction of sp³-hybridized carbons (Fsp3) is 0.643. The lowest BCUT2D eigenvalue weighted by Gasteiger charge is -2.33. The van der Waals surface area contributed by atoms with Crippen LogP contribution in [0.1, 0.15) is 50.1 Å². The minimum atomic E-state index is -1.03. The van der Waals surface area contributed by atoms with Gasteiger partial charge in [-0.1, -0.05) is 0 Å². The topological polar surface area (TPSA) is 84.7 Å². The third-order valence-electron chi connectivity index (χ3n) is 3.36. The molecule has 0 radical (unpaired) electrons. The van der Waals surface area contributed by atoms with E-state index in [-0.39, 0.29) is 17.8 Å². The number of ether oxygens (including phenoxy) is 1. The van der Waals surface area contributed by atoms with Gasteiger partial charge in [0, 0.05) is 25.3 Å². The first-order valence-electron chi connectivity index (χ1n) is 7.01. The van der Waals surface area contributed by atoms with Crippen molar-refractivity contribution < 1.29 is 19.4 Å². The number of carbonyl (C=O) groups is 2. The Morgan fingerprint density at radius 3 is 2.43 bits per heavy atom. The molecule has 1 aromatic rings. The number of amides is 1. The van der Waals surface area contributed by atoms with Crippen LogP contribution in [-0.4, -0.2) is 50.3 Å². The van der Waals surface area contributed by atoms with Gasteiger partial charge >= 0.3 is 12.1 Å². The minimum Gasteiger partial charge on any atom is -0.476 e. The van der Waals surface area contributed by atoms with Crippen LogP contribution in [0.15, 0.2) is 12.5 Å². The van der Waals surface area contributed by atoms with E-state index in [2.05, 4.69) is 4.98 Å². The standard InChI is InChI=1S/C14H21N3O4/c1-14(2,3)21-13(20)16-6-4-10(5-7-16)17-8-11(12(18)19)15-9-17/h8-10H,4-7H2,1-3H3,(H,18,19). The molecule has 1 saturated heterocycles. The van der Waals surface area contributed by atoms with Crippen molar-refractivity contribution in [1.82, 2.24) is 14.5 Å². The van der Waals surface area contributed by atoms with Gasteiger partial charge in [-0.05, 0) is 33.6 Å². The third-order valence-corrected chi connectivity index (χ3v) is 3.36. The average Bonchev–Trinajstić information content (AvgIpc) is 2.86. The number of aromatic nitrogens is 2. The van der Waals surface area contributed by atoms with Crippen LogP contribution in [0.5, 0.6) is 0 Å². The molecule has 0 saturated carbocycles. The predicted octanol–water partition coefficient (Wildman–Crippen LogP) is 2.15. The van der Waals surface area contributed by atoms with Gasteiger partial charge in [0.2, 0.25) is 0 Å². The fourth-order valence-corrected chi connectivity index (χ4v) is 2.32. The van der Waals surface area contributed by atoms with Gasteiger partial charge in [-0.2, -0.15) is 0 Å². The largest absolute Gasteiger partial charge is 0.476 e. The molecule has 0 unspecified atom stereocenters. The molecular formula is C14H21N3O4. The van der Waals surface area contributed by atoms with Gasteiger partial charge in [0.05, 0.1) is 6.33 Å². The zero-order valence-electron chi connectivity index (χ0n) is 12.6. The van der Waals surface area contributed by atoms with E-state index in [1.165, 1.54) is 12.5 Å². The van der Waals surface area contributed by atoms with Gasteiger partial charge in [-0.3, -0.25) is 0 Å². The molecule has 7 nitrogen and oxygen atoms in total. The summed E-state index contributed by atoms with van der Waals surface area (Å²) in [5.41, 5.74) is -0.446. The highest BCUT2D eigenvalue weighted by Gasteiger charge is 2.27. The second kappa shape index (κ2) is 5.75. The van der Waals surface area contributed by atoms with Crippen molar-refractivity contribution in [2.24, 2.45) is 0 Å². The van der Waals surface area contributed by atoms with Crippen LogP contribution in [0.2, 0.25) is 0 Å². The summed E-state index contributed by atoms with van der Waals surface area (Å²) >= 11 is 0. The number of piperidine rings is 1. The molecule has 1 amide bonds. The Morgan fingerprint density at radius 1 is 1.33 bits per heavy atom. The molecule has 7 heteroatoms. The van der Waals surface area contributed by atoms with Gasteiger partial charge in [-0.25, -0.2) is 14.6 Å². The zero-order chi connectivity index (χ0) is 15.6. The Kier molecular flexibility index (Phi) is 4.20. The number of imidazole rings is 1. The Morgan fingerprint density at radius 2 is 1.95 bits per heavy atom. The maximum absolute atomic E-state index is 12.0.